The summed E-state index contributed by atoms with van der Waals surface area (Å²) in [5, 5.41) is 2.54. The summed E-state index contributed by atoms with van der Waals surface area (Å²) < 4.78 is 40.3. The molecule has 1 aliphatic rings. The Bertz CT molecular complexity index is 892. The lowest BCUT2D eigenvalue weighted by Gasteiger charge is -2.25. The lowest BCUT2D eigenvalue weighted by molar-refractivity contribution is -0.116. The fourth-order valence-corrected chi connectivity index (χ4v) is 4.63. The van der Waals surface area contributed by atoms with Crippen LogP contribution in [0.15, 0.2) is 53.4 Å². The van der Waals surface area contributed by atoms with E-state index in [0.717, 1.165) is 24.8 Å². The van der Waals surface area contributed by atoms with E-state index in [1.165, 1.54) is 16.4 Å². The summed E-state index contributed by atoms with van der Waals surface area (Å²) >= 11 is 0. The summed E-state index contributed by atoms with van der Waals surface area (Å²) in [6.07, 6.45) is 3.50. The van der Waals surface area contributed by atoms with Gasteiger partial charge >= 0.3 is 0 Å². The molecule has 2 aromatic rings. The van der Waals surface area contributed by atoms with E-state index < -0.39 is 15.8 Å². The minimum atomic E-state index is -3.44. The van der Waals surface area contributed by atoms with Crippen molar-refractivity contribution < 1.29 is 17.6 Å². The molecule has 1 heterocycles. The second kappa shape index (κ2) is 8.63. The average Bonchev–Trinajstić information content (AvgIpc) is 2.69. The number of rotatable bonds is 6. The van der Waals surface area contributed by atoms with Crippen LogP contribution in [0.5, 0.6) is 0 Å². The van der Waals surface area contributed by atoms with Gasteiger partial charge in [-0.3, -0.25) is 4.79 Å². The smallest absolute Gasteiger partial charge is 0.243 e. The molecule has 1 saturated heterocycles. The van der Waals surface area contributed by atoms with Gasteiger partial charge in [0.15, 0.2) is 0 Å². The van der Waals surface area contributed by atoms with E-state index in [9.17, 15) is 17.6 Å². The van der Waals surface area contributed by atoms with Crippen LogP contribution in [-0.2, 0) is 21.2 Å². The van der Waals surface area contributed by atoms with Crippen LogP contribution >= 0.6 is 0 Å². The number of carbonyl (C=O) groups is 1. The molecule has 0 spiro atoms. The third kappa shape index (κ3) is 4.93. The van der Waals surface area contributed by atoms with Crippen LogP contribution in [0.2, 0.25) is 0 Å². The number of halogens is 1. The van der Waals surface area contributed by atoms with E-state index in [2.05, 4.69) is 5.32 Å². The first-order chi connectivity index (χ1) is 13.0. The number of amides is 1. The number of hydrogen-bond donors (Lipinski definition) is 1. The Hall–Kier alpha value is -2.25. The first-order valence-electron chi connectivity index (χ1n) is 9.10. The molecule has 1 N–H and O–H groups in total. The van der Waals surface area contributed by atoms with Crippen molar-refractivity contribution in [1.82, 2.24) is 4.31 Å². The van der Waals surface area contributed by atoms with Crippen molar-refractivity contribution in [1.29, 1.82) is 0 Å². The largest absolute Gasteiger partial charge is 0.324 e. The molecule has 0 aliphatic carbocycles. The van der Waals surface area contributed by atoms with Crippen molar-refractivity contribution in [2.75, 3.05) is 18.4 Å². The maximum atomic E-state index is 13.5. The van der Waals surface area contributed by atoms with Crippen LogP contribution in [-0.4, -0.2) is 31.7 Å². The summed E-state index contributed by atoms with van der Waals surface area (Å²) in [7, 11) is -3.44. The van der Waals surface area contributed by atoms with Gasteiger partial charge in [0, 0.05) is 19.5 Å². The zero-order valence-electron chi connectivity index (χ0n) is 15.0. The number of para-hydroxylation sites is 1. The predicted molar refractivity (Wildman–Crippen MR) is 102 cm³/mol. The van der Waals surface area contributed by atoms with Crippen molar-refractivity contribution in [3.8, 4) is 0 Å². The van der Waals surface area contributed by atoms with Gasteiger partial charge in [0.05, 0.1) is 10.6 Å². The van der Waals surface area contributed by atoms with Crippen molar-refractivity contribution in [2.24, 2.45) is 0 Å². The predicted octanol–water partition coefficient (Wildman–Crippen LogP) is 3.57. The van der Waals surface area contributed by atoms with Gasteiger partial charge in [-0.1, -0.05) is 30.7 Å². The molecule has 3 rings (SSSR count). The molecule has 2 aromatic carbocycles. The summed E-state index contributed by atoms with van der Waals surface area (Å²) in [5.74, 6) is -0.761. The summed E-state index contributed by atoms with van der Waals surface area (Å²) in [4.78, 5) is 12.3. The molecule has 27 heavy (non-hydrogen) atoms. The Labute approximate surface area is 159 Å². The van der Waals surface area contributed by atoms with Crippen LogP contribution in [0.1, 0.15) is 31.2 Å². The number of nitrogens with zero attached hydrogens (tertiary/aromatic N) is 1. The van der Waals surface area contributed by atoms with Gasteiger partial charge in [0.2, 0.25) is 15.9 Å². The molecule has 0 saturated carbocycles. The maximum absolute atomic E-state index is 13.5. The average molecular weight is 390 g/mol. The summed E-state index contributed by atoms with van der Waals surface area (Å²) in [6, 6.07) is 12.7. The van der Waals surface area contributed by atoms with E-state index in [1.807, 2.05) is 0 Å². The van der Waals surface area contributed by atoms with Crippen molar-refractivity contribution in [2.45, 2.75) is 37.0 Å². The first-order valence-corrected chi connectivity index (χ1v) is 10.5. The Kier molecular flexibility index (Phi) is 6.23. The second-order valence-corrected chi connectivity index (χ2v) is 8.57. The molecular weight excluding hydrogens is 367 g/mol. The van der Waals surface area contributed by atoms with Gasteiger partial charge < -0.3 is 5.32 Å². The first kappa shape index (κ1) is 19.5. The van der Waals surface area contributed by atoms with Crippen LogP contribution in [0.3, 0.4) is 0 Å². The number of aryl methyl sites for hydroxylation is 1. The zero-order chi connectivity index (χ0) is 19.3. The molecule has 0 aromatic heterocycles. The Morgan fingerprint density at radius 1 is 1.00 bits per heavy atom. The molecule has 1 amide bonds. The number of nitrogens with one attached hydrogen (secondary N) is 1. The molecule has 5 nitrogen and oxygen atoms in total. The molecule has 1 fully saturated rings. The number of anilines is 1. The summed E-state index contributed by atoms with van der Waals surface area (Å²) in [6.45, 7) is 1.14. The zero-order valence-corrected chi connectivity index (χ0v) is 15.8. The standard InChI is InChI=1S/C20H23FN2O3S/c21-18-6-2-3-7-19(18)22-20(24)13-10-16-8-11-17(12-9-16)27(25,26)23-14-4-1-5-15-23/h2-3,6-9,11-12H,1,4-5,10,13-15H2,(H,22,24). The molecule has 7 heteroatoms. The van der Waals surface area contributed by atoms with Gasteiger partial charge in [0.1, 0.15) is 5.82 Å². The van der Waals surface area contributed by atoms with Crippen LogP contribution in [0.25, 0.3) is 0 Å². The Balaban J connectivity index is 1.57. The molecule has 1 aliphatic heterocycles. The number of carbonyl (C=O) groups excluding carboxylic acids is 1. The fraction of sp³-hybridized carbons (Fsp3) is 0.350. The lowest BCUT2D eigenvalue weighted by atomic mass is 10.1. The van der Waals surface area contributed by atoms with Crippen LogP contribution < -0.4 is 5.32 Å². The van der Waals surface area contributed by atoms with Gasteiger partial charge in [-0.2, -0.15) is 4.31 Å². The third-order valence-electron chi connectivity index (χ3n) is 4.66. The van der Waals surface area contributed by atoms with Gasteiger partial charge in [0.25, 0.3) is 0 Å². The Morgan fingerprint density at radius 2 is 1.67 bits per heavy atom. The minimum absolute atomic E-state index is 0.158. The lowest BCUT2D eigenvalue weighted by Crippen LogP contribution is -2.35. The summed E-state index contributed by atoms with van der Waals surface area (Å²) in [5.41, 5.74) is 1.02. The fourth-order valence-electron chi connectivity index (χ4n) is 3.12. The maximum Gasteiger partial charge on any atom is 0.243 e. The topological polar surface area (TPSA) is 66.5 Å². The van der Waals surface area contributed by atoms with Gasteiger partial charge in [-0.05, 0) is 49.1 Å². The third-order valence-corrected chi connectivity index (χ3v) is 6.58. The highest BCUT2D eigenvalue weighted by atomic mass is 32.2. The number of piperidine rings is 1. The van der Waals surface area contributed by atoms with Gasteiger partial charge in [-0.15, -0.1) is 0 Å². The minimum Gasteiger partial charge on any atom is -0.324 e. The molecule has 0 atom stereocenters. The van der Waals surface area contributed by atoms with E-state index in [4.69, 9.17) is 0 Å². The van der Waals surface area contributed by atoms with Crippen LogP contribution in [0, 0.1) is 5.82 Å². The highest BCUT2D eigenvalue weighted by Crippen LogP contribution is 2.21. The molecule has 144 valence electrons. The SMILES string of the molecule is O=C(CCc1ccc(S(=O)(=O)N2CCCCC2)cc1)Nc1ccccc1F. The van der Waals surface area contributed by atoms with Crippen molar-refractivity contribution in [3.63, 3.8) is 0 Å². The number of benzene rings is 2. The molecular formula is C20H23FN2O3S. The second-order valence-electron chi connectivity index (χ2n) is 6.64. The van der Waals surface area contributed by atoms with Crippen molar-refractivity contribution >= 4 is 21.6 Å². The van der Waals surface area contributed by atoms with Crippen LogP contribution in [0.4, 0.5) is 10.1 Å². The quantitative estimate of drug-likeness (QED) is 0.820. The normalized spacial score (nSPS) is 15.4. The van der Waals surface area contributed by atoms with E-state index in [1.54, 1.807) is 36.4 Å². The van der Waals surface area contributed by atoms with E-state index >= 15 is 0 Å². The molecule has 0 bridgehead atoms. The monoisotopic (exact) mass is 390 g/mol. The van der Waals surface area contributed by atoms with E-state index in [0.29, 0.717) is 19.5 Å². The molecule has 0 radical (unpaired) electrons. The number of sulfonamides is 1. The number of hydrogen-bond acceptors (Lipinski definition) is 3. The Morgan fingerprint density at radius 3 is 2.33 bits per heavy atom. The van der Waals surface area contributed by atoms with Crippen molar-refractivity contribution in [3.05, 3.63) is 59.9 Å². The van der Waals surface area contributed by atoms with E-state index in [-0.39, 0.29) is 22.9 Å². The van der Waals surface area contributed by atoms with Gasteiger partial charge in [-0.25, -0.2) is 12.8 Å². The highest BCUT2D eigenvalue weighted by molar-refractivity contribution is 7.89. The molecule has 0 unspecified atom stereocenters. The highest BCUT2D eigenvalue weighted by Gasteiger charge is 2.25.